The molecule has 1 N–H and O–H groups in total. The van der Waals surface area contributed by atoms with Gasteiger partial charge in [-0.05, 0) is 38.7 Å². The minimum atomic E-state index is 0.293. The summed E-state index contributed by atoms with van der Waals surface area (Å²) in [5, 5.41) is 3.74. The maximum Gasteiger partial charge on any atom is 0.142 e. The number of nitrogens with zero attached hydrogens (tertiary/aromatic N) is 3. The molecule has 2 heterocycles. The molecule has 2 fully saturated rings. The van der Waals surface area contributed by atoms with Crippen LogP contribution in [0.15, 0.2) is 18.5 Å². The maximum absolute atomic E-state index is 4.34. The van der Waals surface area contributed by atoms with Crippen LogP contribution in [0.1, 0.15) is 32.5 Å². The number of piperazine rings is 1. The van der Waals surface area contributed by atoms with E-state index < -0.39 is 0 Å². The van der Waals surface area contributed by atoms with E-state index in [1.807, 2.05) is 18.5 Å². The molecule has 98 valence electrons. The monoisotopic (exact) mass is 246 g/mol. The summed E-state index contributed by atoms with van der Waals surface area (Å²) in [6, 6.07) is 2.43. The molecule has 0 aromatic carbocycles. The quantitative estimate of drug-likeness (QED) is 0.876. The summed E-state index contributed by atoms with van der Waals surface area (Å²) < 4.78 is 0. The van der Waals surface area contributed by atoms with E-state index in [1.165, 1.54) is 12.8 Å². The van der Waals surface area contributed by atoms with Crippen LogP contribution in [0.2, 0.25) is 0 Å². The Balaban J connectivity index is 1.70. The summed E-state index contributed by atoms with van der Waals surface area (Å²) in [4.78, 5) is 11.2. The van der Waals surface area contributed by atoms with E-state index in [0.717, 1.165) is 31.4 Å². The highest BCUT2D eigenvalue weighted by Crippen LogP contribution is 2.41. The second-order valence-electron chi connectivity index (χ2n) is 5.99. The van der Waals surface area contributed by atoms with Crippen molar-refractivity contribution >= 4 is 0 Å². The van der Waals surface area contributed by atoms with Crippen LogP contribution in [0.25, 0.3) is 0 Å². The lowest BCUT2D eigenvalue weighted by molar-refractivity contribution is 0.0748. The zero-order valence-corrected chi connectivity index (χ0v) is 11.3. The molecule has 1 aliphatic heterocycles. The Hall–Kier alpha value is -1.00. The van der Waals surface area contributed by atoms with Crippen molar-refractivity contribution in [3.8, 4) is 0 Å². The Morgan fingerprint density at radius 3 is 2.78 bits per heavy atom. The molecule has 4 heteroatoms. The molecule has 0 radical (unpaired) electrons. The zero-order valence-electron chi connectivity index (χ0n) is 11.3. The van der Waals surface area contributed by atoms with Crippen LogP contribution in [0.4, 0.5) is 0 Å². The van der Waals surface area contributed by atoms with Crippen molar-refractivity contribution in [1.29, 1.82) is 0 Å². The lowest BCUT2D eigenvalue weighted by atomic mass is 9.91. The van der Waals surface area contributed by atoms with Gasteiger partial charge in [0.05, 0.1) is 6.54 Å². The standard InChI is InChI=1S/C14H22N4/c1-11-8-17-14(2,12-4-5-12)10-18(11)9-13-15-6-3-7-16-13/h3,6-7,11-12,17H,4-5,8-10H2,1-2H3. The molecule has 1 saturated heterocycles. The SMILES string of the molecule is CC1CNC(C)(C2CC2)CN1Cc1ncccn1. The molecule has 2 unspecified atom stereocenters. The number of aromatic nitrogens is 2. The molecule has 0 bridgehead atoms. The van der Waals surface area contributed by atoms with Crippen molar-refractivity contribution in [2.75, 3.05) is 13.1 Å². The average molecular weight is 246 g/mol. The summed E-state index contributed by atoms with van der Waals surface area (Å²) in [6.07, 6.45) is 6.42. The van der Waals surface area contributed by atoms with Gasteiger partial charge >= 0.3 is 0 Å². The normalized spacial score (nSPS) is 33.6. The fourth-order valence-corrected chi connectivity index (χ4v) is 2.94. The largest absolute Gasteiger partial charge is 0.308 e. The third kappa shape index (κ3) is 2.40. The third-order valence-electron chi connectivity index (χ3n) is 4.40. The Labute approximate surface area is 109 Å². The van der Waals surface area contributed by atoms with Gasteiger partial charge in [0.1, 0.15) is 5.82 Å². The number of hydrogen-bond donors (Lipinski definition) is 1. The van der Waals surface area contributed by atoms with E-state index in [0.29, 0.717) is 11.6 Å². The average Bonchev–Trinajstić information content (AvgIpc) is 3.20. The number of hydrogen-bond acceptors (Lipinski definition) is 4. The Bertz CT molecular complexity index is 404. The summed E-state index contributed by atoms with van der Waals surface area (Å²) in [5.74, 6) is 1.80. The molecular weight excluding hydrogens is 224 g/mol. The highest BCUT2D eigenvalue weighted by atomic mass is 15.3. The molecule has 18 heavy (non-hydrogen) atoms. The summed E-state index contributed by atoms with van der Waals surface area (Å²) in [5.41, 5.74) is 0.293. The molecular formula is C14H22N4. The van der Waals surface area contributed by atoms with Gasteiger partial charge < -0.3 is 5.32 Å². The van der Waals surface area contributed by atoms with E-state index in [4.69, 9.17) is 0 Å². The number of rotatable bonds is 3. The van der Waals surface area contributed by atoms with E-state index in [2.05, 4.69) is 34.0 Å². The molecule has 2 aliphatic rings. The number of nitrogens with one attached hydrogen (secondary N) is 1. The van der Waals surface area contributed by atoms with Crippen molar-refractivity contribution in [3.63, 3.8) is 0 Å². The summed E-state index contributed by atoms with van der Waals surface area (Å²) in [6.45, 7) is 7.70. The molecule has 1 saturated carbocycles. The minimum absolute atomic E-state index is 0.293. The van der Waals surface area contributed by atoms with Gasteiger partial charge in [-0.15, -0.1) is 0 Å². The summed E-state index contributed by atoms with van der Waals surface area (Å²) >= 11 is 0. The second kappa shape index (κ2) is 4.59. The molecule has 0 amide bonds. The van der Waals surface area contributed by atoms with Crippen molar-refractivity contribution in [2.24, 2.45) is 5.92 Å². The van der Waals surface area contributed by atoms with Gasteiger partial charge in [0.15, 0.2) is 0 Å². The van der Waals surface area contributed by atoms with Crippen molar-refractivity contribution in [1.82, 2.24) is 20.2 Å². The third-order valence-corrected chi connectivity index (χ3v) is 4.40. The van der Waals surface area contributed by atoms with Gasteiger partial charge in [-0.2, -0.15) is 0 Å². The molecule has 0 spiro atoms. The van der Waals surface area contributed by atoms with Gasteiger partial charge in [-0.3, -0.25) is 4.90 Å². The molecule has 4 nitrogen and oxygen atoms in total. The molecule has 2 atom stereocenters. The van der Waals surface area contributed by atoms with Gasteiger partial charge in [0.2, 0.25) is 0 Å². The lowest BCUT2D eigenvalue weighted by Crippen LogP contribution is -2.62. The topological polar surface area (TPSA) is 41.0 Å². The molecule has 1 aromatic heterocycles. The summed E-state index contributed by atoms with van der Waals surface area (Å²) in [7, 11) is 0. The molecule has 1 aliphatic carbocycles. The van der Waals surface area contributed by atoms with Crippen LogP contribution in [-0.4, -0.2) is 39.5 Å². The van der Waals surface area contributed by atoms with Crippen LogP contribution < -0.4 is 5.32 Å². The van der Waals surface area contributed by atoms with E-state index in [1.54, 1.807) is 0 Å². The first kappa shape index (κ1) is 12.1. The fraction of sp³-hybridized carbons (Fsp3) is 0.714. The lowest BCUT2D eigenvalue weighted by Gasteiger charge is -2.45. The van der Waals surface area contributed by atoms with Crippen molar-refractivity contribution in [2.45, 2.75) is 44.8 Å². The van der Waals surface area contributed by atoms with E-state index in [-0.39, 0.29) is 0 Å². The van der Waals surface area contributed by atoms with Gasteiger partial charge in [0.25, 0.3) is 0 Å². The van der Waals surface area contributed by atoms with Gasteiger partial charge in [0, 0.05) is 37.1 Å². The Morgan fingerprint density at radius 1 is 1.39 bits per heavy atom. The Kier molecular flexibility index (Phi) is 3.08. The van der Waals surface area contributed by atoms with Crippen LogP contribution in [-0.2, 0) is 6.54 Å². The predicted octanol–water partition coefficient (Wildman–Crippen LogP) is 1.44. The van der Waals surface area contributed by atoms with Crippen LogP contribution in [0.3, 0.4) is 0 Å². The molecule has 3 rings (SSSR count). The zero-order chi connectivity index (χ0) is 12.6. The second-order valence-corrected chi connectivity index (χ2v) is 5.99. The van der Waals surface area contributed by atoms with Crippen LogP contribution >= 0.6 is 0 Å². The van der Waals surface area contributed by atoms with Crippen molar-refractivity contribution in [3.05, 3.63) is 24.3 Å². The minimum Gasteiger partial charge on any atom is -0.308 e. The Morgan fingerprint density at radius 2 is 2.11 bits per heavy atom. The first-order valence-corrected chi connectivity index (χ1v) is 6.92. The van der Waals surface area contributed by atoms with Crippen LogP contribution in [0.5, 0.6) is 0 Å². The van der Waals surface area contributed by atoms with Gasteiger partial charge in [-0.25, -0.2) is 9.97 Å². The first-order chi connectivity index (χ1) is 8.67. The smallest absolute Gasteiger partial charge is 0.142 e. The van der Waals surface area contributed by atoms with E-state index in [9.17, 15) is 0 Å². The van der Waals surface area contributed by atoms with Crippen molar-refractivity contribution < 1.29 is 0 Å². The highest BCUT2D eigenvalue weighted by Gasteiger charge is 2.45. The van der Waals surface area contributed by atoms with Crippen LogP contribution in [0, 0.1) is 5.92 Å². The van der Waals surface area contributed by atoms with E-state index >= 15 is 0 Å². The maximum atomic E-state index is 4.34. The highest BCUT2D eigenvalue weighted by molar-refractivity contribution is 5.04. The predicted molar refractivity (Wildman–Crippen MR) is 71.0 cm³/mol. The van der Waals surface area contributed by atoms with Gasteiger partial charge in [-0.1, -0.05) is 0 Å². The first-order valence-electron chi connectivity index (χ1n) is 6.92. The fourth-order valence-electron chi connectivity index (χ4n) is 2.94. The molecule has 1 aromatic rings.